The number of carboxylic acids is 1. The van der Waals surface area contributed by atoms with Crippen LogP contribution in [0.15, 0.2) is 48.5 Å². The highest BCUT2D eigenvalue weighted by molar-refractivity contribution is 5.89. The lowest BCUT2D eigenvalue weighted by Gasteiger charge is -2.24. The molecule has 7 nitrogen and oxygen atoms in total. The molecule has 1 aliphatic rings. The molecule has 3 rings (SSSR count). The molecule has 0 fully saturated rings. The Hall–Kier alpha value is -3.35. The van der Waals surface area contributed by atoms with Crippen molar-refractivity contribution in [1.29, 1.82) is 0 Å². The van der Waals surface area contributed by atoms with E-state index >= 15 is 0 Å². The molecule has 0 unspecified atom stereocenters. The van der Waals surface area contributed by atoms with E-state index in [9.17, 15) is 19.5 Å². The monoisotopic (exact) mass is 438 g/mol. The van der Waals surface area contributed by atoms with E-state index in [0.717, 1.165) is 22.3 Å². The number of hydrogen-bond donors (Lipinski definition) is 3. The number of alkyl carbamates (subject to hydrolysis) is 1. The molecule has 0 radical (unpaired) electrons. The Morgan fingerprint density at radius 2 is 1.53 bits per heavy atom. The number of ether oxygens (including phenoxy) is 1. The van der Waals surface area contributed by atoms with Gasteiger partial charge in [0.15, 0.2) is 0 Å². The summed E-state index contributed by atoms with van der Waals surface area (Å²) in [5, 5.41) is 14.4. The highest BCUT2D eigenvalue weighted by Gasteiger charge is 2.31. The summed E-state index contributed by atoms with van der Waals surface area (Å²) in [6.45, 7) is 5.55. The summed E-state index contributed by atoms with van der Waals surface area (Å²) in [6, 6.07) is 14.2. The Labute approximate surface area is 188 Å². The molecule has 2 atom stereocenters. The average molecular weight is 439 g/mol. The number of carbonyl (C=O) groups is 3. The Balaban J connectivity index is 1.65. The van der Waals surface area contributed by atoms with Gasteiger partial charge in [-0.25, -0.2) is 9.59 Å². The second kappa shape index (κ2) is 10.3. The van der Waals surface area contributed by atoms with Crippen molar-refractivity contribution in [3.63, 3.8) is 0 Å². The van der Waals surface area contributed by atoms with Crippen molar-refractivity contribution >= 4 is 18.0 Å². The molecule has 3 N–H and O–H groups in total. The van der Waals surface area contributed by atoms with Gasteiger partial charge >= 0.3 is 12.1 Å². The summed E-state index contributed by atoms with van der Waals surface area (Å²) in [6.07, 6.45) is 0.225. The minimum atomic E-state index is -1.09. The van der Waals surface area contributed by atoms with Crippen LogP contribution in [0.5, 0.6) is 0 Å². The quantitative estimate of drug-likeness (QED) is 0.550. The van der Waals surface area contributed by atoms with Crippen molar-refractivity contribution < 1.29 is 24.2 Å². The van der Waals surface area contributed by atoms with Crippen LogP contribution in [0, 0.1) is 5.92 Å². The number of carboxylic acid groups (broad SMARTS) is 1. The van der Waals surface area contributed by atoms with Gasteiger partial charge in [0.05, 0.1) is 0 Å². The normalized spacial score (nSPS) is 14.2. The van der Waals surface area contributed by atoms with Crippen molar-refractivity contribution in [3.8, 4) is 11.1 Å². The van der Waals surface area contributed by atoms with Crippen LogP contribution in [-0.4, -0.2) is 41.8 Å². The molecule has 0 aliphatic heterocycles. The first-order valence-corrected chi connectivity index (χ1v) is 11.0. The van der Waals surface area contributed by atoms with Crippen LogP contribution in [0.25, 0.3) is 11.1 Å². The van der Waals surface area contributed by atoms with Gasteiger partial charge in [-0.2, -0.15) is 0 Å². The van der Waals surface area contributed by atoms with Crippen molar-refractivity contribution in [2.75, 3.05) is 6.61 Å². The van der Waals surface area contributed by atoms with Gasteiger partial charge in [0, 0.05) is 5.92 Å². The molecular formula is C25H30N2O5. The molecule has 170 valence electrons. The topological polar surface area (TPSA) is 105 Å². The third-order valence-corrected chi connectivity index (χ3v) is 5.76. The third-order valence-electron chi connectivity index (χ3n) is 5.76. The zero-order valence-corrected chi connectivity index (χ0v) is 18.6. The summed E-state index contributed by atoms with van der Waals surface area (Å²) >= 11 is 0. The fourth-order valence-electron chi connectivity index (χ4n) is 4.11. The number of carbonyl (C=O) groups excluding carboxylic acids is 2. The molecule has 32 heavy (non-hydrogen) atoms. The molecule has 1 aliphatic carbocycles. The van der Waals surface area contributed by atoms with Gasteiger partial charge in [0.25, 0.3) is 0 Å². The van der Waals surface area contributed by atoms with Gasteiger partial charge in [-0.15, -0.1) is 0 Å². The Morgan fingerprint density at radius 3 is 2.03 bits per heavy atom. The number of nitrogens with one attached hydrogen (secondary N) is 2. The van der Waals surface area contributed by atoms with E-state index < -0.39 is 30.1 Å². The smallest absolute Gasteiger partial charge is 0.407 e. The van der Waals surface area contributed by atoms with Gasteiger partial charge in [-0.1, -0.05) is 75.7 Å². The number of benzene rings is 2. The number of hydrogen-bond acceptors (Lipinski definition) is 4. The molecule has 0 heterocycles. The zero-order chi connectivity index (χ0) is 23.3. The maximum Gasteiger partial charge on any atom is 0.407 e. The largest absolute Gasteiger partial charge is 0.480 e. The molecule has 2 amide bonds. The van der Waals surface area contributed by atoms with Gasteiger partial charge in [-0.3, -0.25) is 4.79 Å². The van der Waals surface area contributed by atoms with E-state index in [2.05, 4.69) is 22.8 Å². The lowest BCUT2D eigenvalue weighted by molar-refractivity contribution is -0.142. The van der Waals surface area contributed by atoms with Crippen molar-refractivity contribution in [3.05, 3.63) is 59.7 Å². The summed E-state index contributed by atoms with van der Waals surface area (Å²) < 4.78 is 5.52. The summed E-state index contributed by atoms with van der Waals surface area (Å²) in [4.78, 5) is 36.6. The first kappa shape index (κ1) is 23.3. The van der Waals surface area contributed by atoms with Gasteiger partial charge in [0.1, 0.15) is 18.7 Å². The SMILES string of the molecule is CCC[C@@H](NC(=O)[C@H](NC(=O)OCC1c2ccccc2-c2ccccc21)C(C)C)C(=O)O. The van der Waals surface area contributed by atoms with E-state index in [1.54, 1.807) is 13.8 Å². The van der Waals surface area contributed by atoms with Crippen LogP contribution in [0.1, 0.15) is 50.7 Å². The van der Waals surface area contributed by atoms with E-state index in [-0.39, 0.29) is 18.4 Å². The molecular weight excluding hydrogens is 408 g/mol. The standard InChI is InChI=1S/C25H30N2O5/c1-4-9-21(24(29)30)26-23(28)22(15(2)3)27-25(31)32-14-20-18-12-7-5-10-16(18)17-11-6-8-13-19(17)20/h5-8,10-13,15,20-22H,4,9,14H2,1-3H3,(H,26,28)(H,27,31)(H,29,30)/t21-,22-/m1/s1. The lowest BCUT2D eigenvalue weighted by Crippen LogP contribution is -2.53. The number of aliphatic carboxylic acids is 1. The fourth-order valence-corrected chi connectivity index (χ4v) is 4.11. The molecule has 7 heteroatoms. The molecule has 0 saturated carbocycles. The number of fused-ring (bicyclic) bond motifs is 3. The van der Waals surface area contributed by atoms with E-state index in [0.29, 0.717) is 12.8 Å². The molecule has 2 aromatic carbocycles. The predicted molar refractivity (Wildman–Crippen MR) is 121 cm³/mol. The van der Waals surface area contributed by atoms with Gasteiger partial charge < -0.3 is 20.5 Å². The summed E-state index contributed by atoms with van der Waals surface area (Å²) in [5.41, 5.74) is 4.46. The van der Waals surface area contributed by atoms with Gasteiger partial charge in [0.2, 0.25) is 5.91 Å². The highest BCUT2D eigenvalue weighted by atomic mass is 16.5. The fraction of sp³-hybridized carbons (Fsp3) is 0.400. The van der Waals surface area contributed by atoms with Crippen LogP contribution in [0.3, 0.4) is 0 Å². The van der Waals surface area contributed by atoms with Crippen LogP contribution in [0.4, 0.5) is 4.79 Å². The summed E-state index contributed by atoms with van der Waals surface area (Å²) in [5.74, 6) is -1.95. The Morgan fingerprint density at radius 1 is 0.969 bits per heavy atom. The minimum Gasteiger partial charge on any atom is -0.480 e. The maximum absolute atomic E-state index is 12.7. The minimum absolute atomic E-state index is 0.0829. The molecule has 0 bridgehead atoms. The van der Waals surface area contributed by atoms with E-state index in [1.807, 2.05) is 43.3 Å². The molecule has 2 aromatic rings. The number of rotatable bonds is 9. The molecule has 0 saturated heterocycles. The molecule has 0 spiro atoms. The zero-order valence-electron chi connectivity index (χ0n) is 18.6. The van der Waals surface area contributed by atoms with Crippen LogP contribution >= 0.6 is 0 Å². The van der Waals surface area contributed by atoms with Crippen LogP contribution in [0.2, 0.25) is 0 Å². The Bertz CT molecular complexity index is 942. The summed E-state index contributed by atoms with van der Waals surface area (Å²) in [7, 11) is 0. The van der Waals surface area contributed by atoms with E-state index in [1.165, 1.54) is 0 Å². The van der Waals surface area contributed by atoms with E-state index in [4.69, 9.17) is 4.74 Å². The van der Waals surface area contributed by atoms with Crippen molar-refractivity contribution in [2.45, 2.75) is 51.6 Å². The lowest BCUT2D eigenvalue weighted by atomic mass is 9.98. The van der Waals surface area contributed by atoms with Crippen molar-refractivity contribution in [1.82, 2.24) is 10.6 Å². The van der Waals surface area contributed by atoms with Crippen LogP contribution in [-0.2, 0) is 14.3 Å². The van der Waals surface area contributed by atoms with Crippen LogP contribution < -0.4 is 10.6 Å². The average Bonchev–Trinajstić information content (AvgIpc) is 3.09. The first-order valence-electron chi connectivity index (χ1n) is 11.0. The predicted octanol–water partition coefficient (Wildman–Crippen LogP) is 3.92. The first-order chi connectivity index (χ1) is 15.3. The molecule has 0 aromatic heterocycles. The third kappa shape index (κ3) is 5.10. The van der Waals surface area contributed by atoms with Gasteiger partial charge in [-0.05, 0) is 34.6 Å². The highest BCUT2D eigenvalue weighted by Crippen LogP contribution is 2.44. The second-order valence-electron chi connectivity index (χ2n) is 8.38. The Kier molecular flexibility index (Phi) is 7.51. The van der Waals surface area contributed by atoms with Crippen molar-refractivity contribution in [2.24, 2.45) is 5.92 Å². The maximum atomic E-state index is 12.7. The second-order valence-corrected chi connectivity index (χ2v) is 8.38. The number of amides is 2.